The summed E-state index contributed by atoms with van der Waals surface area (Å²) in [7, 11) is 1.00. The third-order valence-corrected chi connectivity index (χ3v) is 4.03. The van der Waals surface area contributed by atoms with Crippen LogP contribution in [-0.4, -0.2) is 34.4 Å². The van der Waals surface area contributed by atoms with Gasteiger partial charge >= 0.3 is 11.9 Å². The fourth-order valence-electron chi connectivity index (χ4n) is 2.74. The molecule has 20 heavy (non-hydrogen) atoms. The number of carbonyl (C=O) groups is 2. The number of aliphatic hydroxyl groups is 1. The standard InChI is InChI=1S/C8H12O4.C6H12.CH4O/c9-6(10)8(7(11)12)4-2-1-3-5-8;1-2-4-6-5-3-1;1-2/h1-5H2,(H,9,10)(H,11,12);1-6H2;2H,1H3. The molecule has 0 aromatic heterocycles. The van der Waals surface area contributed by atoms with Crippen molar-refractivity contribution in [3.05, 3.63) is 0 Å². The van der Waals surface area contributed by atoms with Gasteiger partial charge in [0.15, 0.2) is 5.41 Å². The molecule has 0 heterocycles. The normalized spacial score (nSPS) is 20.5. The van der Waals surface area contributed by atoms with E-state index in [-0.39, 0.29) is 12.8 Å². The zero-order valence-electron chi connectivity index (χ0n) is 12.4. The molecular formula is C15H28O5. The molecule has 0 aromatic rings. The lowest BCUT2D eigenvalue weighted by Gasteiger charge is -2.28. The molecule has 2 saturated carbocycles. The summed E-state index contributed by atoms with van der Waals surface area (Å²) in [6.45, 7) is 0. The van der Waals surface area contributed by atoms with E-state index in [0.29, 0.717) is 12.8 Å². The lowest BCUT2D eigenvalue weighted by atomic mass is 9.74. The number of hydrogen-bond acceptors (Lipinski definition) is 3. The molecule has 2 aliphatic rings. The van der Waals surface area contributed by atoms with E-state index in [1.807, 2.05) is 0 Å². The monoisotopic (exact) mass is 288 g/mol. The Labute approximate surface area is 121 Å². The van der Waals surface area contributed by atoms with Gasteiger partial charge in [0.2, 0.25) is 0 Å². The molecular weight excluding hydrogens is 260 g/mol. The maximum atomic E-state index is 10.7. The van der Waals surface area contributed by atoms with Crippen LogP contribution >= 0.6 is 0 Å². The van der Waals surface area contributed by atoms with E-state index in [4.69, 9.17) is 15.3 Å². The van der Waals surface area contributed by atoms with E-state index in [9.17, 15) is 9.59 Å². The minimum absolute atomic E-state index is 0.275. The predicted octanol–water partition coefficient (Wildman–Crippen LogP) is 3.06. The van der Waals surface area contributed by atoms with Crippen LogP contribution in [0.1, 0.15) is 70.6 Å². The van der Waals surface area contributed by atoms with E-state index < -0.39 is 17.4 Å². The molecule has 0 aromatic carbocycles. The van der Waals surface area contributed by atoms with Crippen molar-refractivity contribution in [3.63, 3.8) is 0 Å². The summed E-state index contributed by atoms with van der Waals surface area (Å²) in [5, 5.41) is 24.6. The smallest absolute Gasteiger partial charge is 0.321 e. The first-order chi connectivity index (χ1) is 9.59. The Kier molecular flexibility index (Phi) is 10.1. The van der Waals surface area contributed by atoms with Crippen molar-refractivity contribution in [1.82, 2.24) is 0 Å². The van der Waals surface area contributed by atoms with Gasteiger partial charge in [-0.15, -0.1) is 0 Å². The van der Waals surface area contributed by atoms with Gasteiger partial charge in [-0.05, 0) is 12.8 Å². The second-order valence-corrected chi connectivity index (χ2v) is 5.37. The SMILES string of the molecule is C1CCCCC1.CO.O=C(O)C1(C(=O)O)CCCCC1. The first-order valence-corrected chi connectivity index (χ1v) is 7.51. The number of aliphatic carboxylic acids is 2. The number of hydrogen-bond donors (Lipinski definition) is 3. The molecule has 2 fully saturated rings. The minimum Gasteiger partial charge on any atom is -0.480 e. The topological polar surface area (TPSA) is 94.8 Å². The number of carboxylic acids is 2. The lowest BCUT2D eigenvalue weighted by Crippen LogP contribution is -2.40. The van der Waals surface area contributed by atoms with E-state index in [0.717, 1.165) is 13.5 Å². The molecule has 0 amide bonds. The zero-order valence-corrected chi connectivity index (χ0v) is 12.4. The number of aliphatic hydroxyl groups excluding tert-OH is 1. The van der Waals surface area contributed by atoms with Crippen LogP contribution in [0, 0.1) is 5.41 Å². The van der Waals surface area contributed by atoms with Crippen LogP contribution in [0.4, 0.5) is 0 Å². The average Bonchev–Trinajstić information content (AvgIpc) is 2.52. The average molecular weight is 288 g/mol. The first-order valence-electron chi connectivity index (χ1n) is 7.51. The molecule has 0 bridgehead atoms. The minimum atomic E-state index is -1.49. The van der Waals surface area contributed by atoms with Crippen LogP contribution < -0.4 is 0 Å². The quantitative estimate of drug-likeness (QED) is 0.679. The van der Waals surface area contributed by atoms with E-state index in [1.165, 1.54) is 38.5 Å². The summed E-state index contributed by atoms with van der Waals surface area (Å²) in [5.41, 5.74) is -1.49. The van der Waals surface area contributed by atoms with Crippen molar-refractivity contribution in [3.8, 4) is 0 Å². The zero-order chi connectivity index (χ0) is 15.4. The van der Waals surface area contributed by atoms with Crippen molar-refractivity contribution in [2.75, 3.05) is 7.11 Å². The lowest BCUT2D eigenvalue weighted by molar-refractivity contribution is -0.167. The van der Waals surface area contributed by atoms with E-state index in [2.05, 4.69) is 0 Å². The highest BCUT2D eigenvalue weighted by Crippen LogP contribution is 2.36. The van der Waals surface area contributed by atoms with Crippen molar-refractivity contribution >= 4 is 11.9 Å². The maximum Gasteiger partial charge on any atom is 0.321 e. The van der Waals surface area contributed by atoms with Crippen molar-refractivity contribution < 1.29 is 24.9 Å². The second kappa shape index (κ2) is 10.7. The summed E-state index contributed by atoms with van der Waals surface area (Å²) >= 11 is 0. The van der Waals surface area contributed by atoms with Gasteiger partial charge in [-0.25, -0.2) is 0 Å². The molecule has 3 N–H and O–H groups in total. The third-order valence-electron chi connectivity index (χ3n) is 4.03. The van der Waals surface area contributed by atoms with Gasteiger partial charge in [0.05, 0.1) is 0 Å². The van der Waals surface area contributed by atoms with Crippen molar-refractivity contribution in [2.24, 2.45) is 5.41 Å². The van der Waals surface area contributed by atoms with Gasteiger partial charge in [-0.3, -0.25) is 9.59 Å². The van der Waals surface area contributed by atoms with Crippen molar-refractivity contribution in [1.29, 1.82) is 0 Å². The molecule has 0 aliphatic heterocycles. The van der Waals surface area contributed by atoms with Gasteiger partial charge in [-0.2, -0.15) is 0 Å². The first kappa shape index (κ1) is 18.9. The molecule has 0 saturated heterocycles. The molecule has 118 valence electrons. The highest BCUT2D eigenvalue weighted by atomic mass is 16.4. The largest absolute Gasteiger partial charge is 0.480 e. The van der Waals surface area contributed by atoms with Gasteiger partial charge in [-0.1, -0.05) is 57.8 Å². The van der Waals surface area contributed by atoms with Crippen LogP contribution in [-0.2, 0) is 9.59 Å². The molecule has 5 heteroatoms. The van der Waals surface area contributed by atoms with Gasteiger partial charge in [0.25, 0.3) is 0 Å². The van der Waals surface area contributed by atoms with Crippen LogP contribution in [0.3, 0.4) is 0 Å². The molecule has 2 rings (SSSR count). The Morgan fingerprint density at radius 2 is 0.900 bits per heavy atom. The molecule has 0 atom stereocenters. The van der Waals surface area contributed by atoms with Crippen LogP contribution in [0.2, 0.25) is 0 Å². The summed E-state index contributed by atoms with van der Waals surface area (Å²) in [6, 6.07) is 0. The Morgan fingerprint density at radius 1 is 0.650 bits per heavy atom. The molecule has 5 nitrogen and oxygen atoms in total. The molecule has 0 radical (unpaired) electrons. The Morgan fingerprint density at radius 3 is 1.10 bits per heavy atom. The Hall–Kier alpha value is -1.10. The highest BCUT2D eigenvalue weighted by Gasteiger charge is 2.46. The summed E-state index contributed by atoms with van der Waals surface area (Å²) in [6.07, 6.45) is 11.9. The molecule has 0 unspecified atom stereocenters. The number of rotatable bonds is 2. The summed E-state index contributed by atoms with van der Waals surface area (Å²) in [4.78, 5) is 21.5. The summed E-state index contributed by atoms with van der Waals surface area (Å²) < 4.78 is 0. The number of carboxylic acid groups (broad SMARTS) is 2. The fourth-order valence-corrected chi connectivity index (χ4v) is 2.74. The molecule has 0 spiro atoms. The van der Waals surface area contributed by atoms with Crippen LogP contribution in [0.5, 0.6) is 0 Å². The van der Waals surface area contributed by atoms with Gasteiger partial charge < -0.3 is 15.3 Å². The van der Waals surface area contributed by atoms with Crippen LogP contribution in [0.25, 0.3) is 0 Å². The predicted molar refractivity (Wildman–Crippen MR) is 76.6 cm³/mol. The Bertz CT molecular complexity index is 250. The van der Waals surface area contributed by atoms with Crippen LogP contribution in [0.15, 0.2) is 0 Å². The van der Waals surface area contributed by atoms with Crippen molar-refractivity contribution in [2.45, 2.75) is 70.6 Å². The maximum absolute atomic E-state index is 10.7. The van der Waals surface area contributed by atoms with E-state index in [1.54, 1.807) is 0 Å². The van der Waals surface area contributed by atoms with Gasteiger partial charge in [0.1, 0.15) is 0 Å². The second-order valence-electron chi connectivity index (χ2n) is 5.37. The summed E-state index contributed by atoms with van der Waals surface area (Å²) in [5.74, 6) is -2.37. The Balaban J connectivity index is 0.000000377. The third kappa shape index (κ3) is 5.90. The van der Waals surface area contributed by atoms with Gasteiger partial charge in [0, 0.05) is 7.11 Å². The van der Waals surface area contributed by atoms with E-state index >= 15 is 0 Å². The highest BCUT2D eigenvalue weighted by molar-refractivity contribution is 5.98. The molecule has 2 aliphatic carbocycles. The fraction of sp³-hybridized carbons (Fsp3) is 0.867.